The predicted molar refractivity (Wildman–Crippen MR) is 77.8 cm³/mol. The normalized spacial score (nSPS) is 27.2. The number of thiazole rings is 1. The highest BCUT2D eigenvalue weighted by Crippen LogP contribution is 2.38. The molecule has 1 aromatic heterocycles. The van der Waals surface area contributed by atoms with Gasteiger partial charge in [-0.15, -0.1) is 11.3 Å². The molecule has 106 valence electrons. The lowest BCUT2D eigenvalue weighted by atomic mass is 9.70. The molecule has 0 saturated heterocycles. The second-order valence-electron chi connectivity index (χ2n) is 5.70. The van der Waals surface area contributed by atoms with Crippen LogP contribution in [-0.2, 0) is 11.3 Å². The molecule has 0 atom stereocenters. The highest BCUT2D eigenvalue weighted by atomic mass is 32.1. The molecule has 1 fully saturated rings. The van der Waals surface area contributed by atoms with Crippen LogP contribution >= 0.6 is 11.3 Å². The van der Waals surface area contributed by atoms with Crippen molar-refractivity contribution in [3.8, 4) is 0 Å². The zero-order valence-electron chi connectivity index (χ0n) is 11.7. The Hall–Kier alpha value is -0.940. The molecular formula is C14H23N3OS. The van der Waals surface area contributed by atoms with Gasteiger partial charge in [-0.25, -0.2) is 4.98 Å². The lowest BCUT2D eigenvalue weighted by molar-refractivity contribution is -0.133. The first-order valence-electron chi connectivity index (χ1n) is 6.95. The average molecular weight is 281 g/mol. The third-order valence-electron chi connectivity index (χ3n) is 4.20. The summed E-state index contributed by atoms with van der Waals surface area (Å²) in [5.74, 6) is 0.838. The Labute approximate surface area is 118 Å². The van der Waals surface area contributed by atoms with Crippen molar-refractivity contribution in [3.05, 3.63) is 16.1 Å². The van der Waals surface area contributed by atoms with E-state index in [1.54, 1.807) is 11.3 Å². The van der Waals surface area contributed by atoms with E-state index >= 15 is 0 Å². The summed E-state index contributed by atoms with van der Waals surface area (Å²) in [5, 5.41) is 4.07. The fourth-order valence-corrected chi connectivity index (χ4v) is 3.42. The van der Waals surface area contributed by atoms with Gasteiger partial charge in [0, 0.05) is 17.6 Å². The van der Waals surface area contributed by atoms with Crippen LogP contribution in [0.1, 0.15) is 42.5 Å². The molecule has 4 nitrogen and oxygen atoms in total. The van der Waals surface area contributed by atoms with Gasteiger partial charge in [0.05, 0.1) is 17.0 Å². The number of amides is 1. The summed E-state index contributed by atoms with van der Waals surface area (Å²) in [4.78, 5) is 17.7. The van der Waals surface area contributed by atoms with Gasteiger partial charge < -0.3 is 11.1 Å². The maximum atomic E-state index is 12.4. The van der Waals surface area contributed by atoms with Crippen molar-refractivity contribution in [2.75, 3.05) is 6.54 Å². The Kier molecular flexibility index (Phi) is 4.58. The SMILES string of the molecule is Cc1ncc(CNC(=O)C2(CN)CCC(C)CC2)s1. The number of carbonyl (C=O) groups excluding carboxylic acids is 1. The molecular weight excluding hydrogens is 258 g/mol. The maximum absolute atomic E-state index is 12.4. The van der Waals surface area contributed by atoms with Crippen LogP contribution in [0.3, 0.4) is 0 Å². The summed E-state index contributed by atoms with van der Waals surface area (Å²) < 4.78 is 0. The number of nitrogens with zero attached hydrogens (tertiary/aromatic N) is 1. The Morgan fingerprint density at radius 2 is 2.26 bits per heavy atom. The summed E-state index contributed by atoms with van der Waals surface area (Å²) in [6.45, 7) is 5.24. The van der Waals surface area contributed by atoms with Crippen LogP contribution in [0.4, 0.5) is 0 Å². The third-order valence-corrected chi connectivity index (χ3v) is 5.11. The zero-order valence-corrected chi connectivity index (χ0v) is 12.6. The van der Waals surface area contributed by atoms with Crippen molar-refractivity contribution in [2.45, 2.75) is 46.1 Å². The largest absolute Gasteiger partial charge is 0.351 e. The Morgan fingerprint density at radius 1 is 1.58 bits per heavy atom. The molecule has 0 aliphatic heterocycles. The third kappa shape index (κ3) is 3.34. The topological polar surface area (TPSA) is 68.0 Å². The first-order chi connectivity index (χ1) is 9.05. The Balaban J connectivity index is 1.93. The molecule has 2 rings (SSSR count). The molecule has 0 aromatic carbocycles. The molecule has 1 aliphatic carbocycles. The lowest BCUT2D eigenvalue weighted by Crippen LogP contribution is -2.47. The second kappa shape index (κ2) is 6.01. The highest BCUT2D eigenvalue weighted by Gasteiger charge is 2.39. The molecule has 3 N–H and O–H groups in total. The maximum Gasteiger partial charge on any atom is 0.227 e. The number of hydrogen-bond acceptors (Lipinski definition) is 4. The molecule has 0 unspecified atom stereocenters. The Morgan fingerprint density at radius 3 is 2.79 bits per heavy atom. The van der Waals surface area contributed by atoms with Crippen molar-refractivity contribution >= 4 is 17.2 Å². The molecule has 1 heterocycles. The van der Waals surface area contributed by atoms with Crippen LogP contribution in [0.25, 0.3) is 0 Å². The van der Waals surface area contributed by atoms with E-state index in [0.717, 1.165) is 41.5 Å². The summed E-state index contributed by atoms with van der Waals surface area (Å²) in [6.07, 6.45) is 5.86. The highest BCUT2D eigenvalue weighted by molar-refractivity contribution is 7.11. The minimum absolute atomic E-state index is 0.118. The predicted octanol–water partition coefficient (Wildman–Crippen LogP) is 2.22. The summed E-state index contributed by atoms with van der Waals surface area (Å²) in [7, 11) is 0. The standard InChI is InChI=1S/C14H23N3OS/c1-10-3-5-14(9-15,6-4-10)13(18)17-8-12-7-16-11(2)19-12/h7,10H,3-6,8-9,15H2,1-2H3,(H,17,18). The van der Waals surface area contributed by atoms with E-state index in [-0.39, 0.29) is 11.3 Å². The van der Waals surface area contributed by atoms with E-state index in [2.05, 4.69) is 17.2 Å². The number of nitrogens with one attached hydrogen (secondary N) is 1. The van der Waals surface area contributed by atoms with Gasteiger partial charge in [0.25, 0.3) is 0 Å². The summed E-state index contributed by atoms with van der Waals surface area (Å²) in [5.41, 5.74) is 5.55. The fourth-order valence-electron chi connectivity index (χ4n) is 2.68. The average Bonchev–Trinajstić information content (AvgIpc) is 2.83. The van der Waals surface area contributed by atoms with Crippen LogP contribution in [0, 0.1) is 18.3 Å². The van der Waals surface area contributed by atoms with E-state index < -0.39 is 0 Å². The number of hydrogen-bond donors (Lipinski definition) is 2. The van der Waals surface area contributed by atoms with E-state index in [0.29, 0.717) is 13.1 Å². The minimum Gasteiger partial charge on any atom is -0.351 e. The number of nitrogens with two attached hydrogens (primary N) is 1. The van der Waals surface area contributed by atoms with Crippen LogP contribution < -0.4 is 11.1 Å². The van der Waals surface area contributed by atoms with Gasteiger partial charge in [-0.05, 0) is 38.5 Å². The van der Waals surface area contributed by atoms with Crippen LogP contribution in [0.2, 0.25) is 0 Å². The monoisotopic (exact) mass is 281 g/mol. The molecule has 1 saturated carbocycles. The van der Waals surface area contributed by atoms with Gasteiger partial charge >= 0.3 is 0 Å². The quantitative estimate of drug-likeness (QED) is 0.889. The van der Waals surface area contributed by atoms with Gasteiger partial charge in [-0.1, -0.05) is 6.92 Å². The van der Waals surface area contributed by atoms with Crippen LogP contribution in [0.15, 0.2) is 6.20 Å². The molecule has 19 heavy (non-hydrogen) atoms. The van der Waals surface area contributed by atoms with Crippen LogP contribution in [-0.4, -0.2) is 17.4 Å². The van der Waals surface area contributed by atoms with Crippen molar-refractivity contribution in [1.82, 2.24) is 10.3 Å². The number of aromatic nitrogens is 1. The summed E-state index contributed by atoms with van der Waals surface area (Å²) in [6, 6.07) is 0. The summed E-state index contributed by atoms with van der Waals surface area (Å²) >= 11 is 1.63. The van der Waals surface area contributed by atoms with Crippen molar-refractivity contribution < 1.29 is 4.79 Å². The van der Waals surface area contributed by atoms with Gasteiger partial charge in [0.1, 0.15) is 0 Å². The smallest absolute Gasteiger partial charge is 0.227 e. The van der Waals surface area contributed by atoms with E-state index in [9.17, 15) is 4.79 Å². The number of aryl methyl sites for hydroxylation is 1. The molecule has 1 aromatic rings. The first kappa shape index (κ1) is 14.5. The van der Waals surface area contributed by atoms with Crippen molar-refractivity contribution in [3.63, 3.8) is 0 Å². The van der Waals surface area contributed by atoms with Gasteiger partial charge in [-0.3, -0.25) is 4.79 Å². The zero-order chi connectivity index (χ0) is 13.9. The molecule has 0 spiro atoms. The molecule has 1 aliphatic rings. The van der Waals surface area contributed by atoms with Crippen molar-refractivity contribution in [1.29, 1.82) is 0 Å². The van der Waals surface area contributed by atoms with Gasteiger partial charge in [0.2, 0.25) is 5.91 Å². The molecule has 0 bridgehead atoms. The molecule has 1 amide bonds. The molecule has 5 heteroatoms. The van der Waals surface area contributed by atoms with Crippen molar-refractivity contribution in [2.24, 2.45) is 17.1 Å². The number of carbonyl (C=O) groups is 1. The second-order valence-corrected chi connectivity index (χ2v) is 7.01. The minimum atomic E-state index is -0.341. The van der Waals surface area contributed by atoms with Gasteiger partial charge in [-0.2, -0.15) is 0 Å². The Bertz CT molecular complexity index is 436. The lowest BCUT2D eigenvalue weighted by Gasteiger charge is -2.37. The van der Waals surface area contributed by atoms with Gasteiger partial charge in [0.15, 0.2) is 0 Å². The first-order valence-corrected chi connectivity index (χ1v) is 7.77. The van der Waals surface area contributed by atoms with E-state index in [1.807, 2.05) is 13.1 Å². The van der Waals surface area contributed by atoms with Crippen LogP contribution in [0.5, 0.6) is 0 Å². The van der Waals surface area contributed by atoms with E-state index in [1.165, 1.54) is 0 Å². The molecule has 0 radical (unpaired) electrons. The number of rotatable bonds is 4. The van der Waals surface area contributed by atoms with E-state index in [4.69, 9.17) is 5.73 Å². The fraction of sp³-hybridized carbons (Fsp3) is 0.714.